The van der Waals surface area contributed by atoms with Crippen LogP contribution in [0.2, 0.25) is 0 Å². The molecule has 0 saturated carbocycles. The summed E-state index contributed by atoms with van der Waals surface area (Å²) in [4.78, 5) is 4.48. The van der Waals surface area contributed by atoms with E-state index in [1.54, 1.807) is 0 Å². The van der Waals surface area contributed by atoms with Crippen LogP contribution in [0, 0.1) is 0 Å². The molecular weight excluding hydrogens is 174 g/mol. The standard InChI is InChI=1S/C12H25NO/c1-6-10-14-12(7-2,8-3)11(5)13-9-4/h6-10H2,1-5H3. The summed E-state index contributed by atoms with van der Waals surface area (Å²) in [6.07, 6.45) is 3.10. The van der Waals surface area contributed by atoms with Crippen LogP contribution in [0.5, 0.6) is 0 Å². The van der Waals surface area contributed by atoms with Gasteiger partial charge in [-0.3, -0.25) is 4.99 Å². The minimum absolute atomic E-state index is 0.105. The van der Waals surface area contributed by atoms with Crippen LogP contribution in [0.1, 0.15) is 53.9 Å². The van der Waals surface area contributed by atoms with Gasteiger partial charge in [0.25, 0.3) is 0 Å². The number of ether oxygens (including phenoxy) is 1. The first kappa shape index (κ1) is 13.6. The number of hydrogen-bond acceptors (Lipinski definition) is 2. The largest absolute Gasteiger partial charge is 0.369 e. The van der Waals surface area contributed by atoms with Gasteiger partial charge in [0.1, 0.15) is 5.60 Å². The lowest BCUT2D eigenvalue weighted by molar-refractivity contribution is 0.00154. The Labute approximate surface area is 88.8 Å². The first-order valence-corrected chi connectivity index (χ1v) is 5.82. The van der Waals surface area contributed by atoms with Gasteiger partial charge < -0.3 is 4.74 Å². The van der Waals surface area contributed by atoms with Crippen LogP contribution in [0.4, 0.5) is 0 Å². The molecule has 0 bridgehead atoms. The lowest BCUT2D eigenvalue weighted by Gasteiger charge is -2.32. The summed E-state index contributed by atoms with van der Waals surface area (Å²) in [7, 11) is 0. The maximum Gasteiger partial charge on any atom is 0.105 e. The lowest BCUT2D eigenvalue weighted by atomic mass is 9.92. The van der Waals surface area contributed by atoms with Crippen molar-refractivity contribution in [3.63, 3.8) is 0 Å². The van der Waals surface area contributed by atoms with Crippen molar-refractivity contribution in [2.75, 3.05) is 13.2 Å². The topological polar surface area (TPSA) is 21.6 Å². The van der Waals surface area contributed by atoms with Gasteiger partial charge in [0.05, 0.1) is 0 Å². The molecule has 0 aromatic carbocycles. The molecule has 0 amide bonds. The van der Waals surface area contributed by atoms with Crippen LogP contribution in [0.25, 0.3) is 0 Å². The van der Waals surface area contributed by atoms with Crippen LogP contribution in [0.3, 0.4) is 0 Å². The SMILES string of the molecule is CCCOC(CC)(CC)C(C)=NCC. The molecular formula is C12H25NO. The molecule has 0 rings (SSSR count). The van der Waals surface area contributed by atoms with Crippen molar-refractivity contribution in [3.8, 4) is 0 Å². The van der Waals surface area contributed by atoms with Gasteiger partial charge in [0.15, 0.2) is 0 Å². The maximum absolute atomic E-state index is 5.96. The molecule has 0 atom stereocenters. The maximum atomic E-state index is 5.96. The molecule has 0 fully saturated rings. The summed E-state index contributed by atoms with van der Waals surface area (Å²) in [5, 5.41) is 0. The quantitative estimate of drug-likeness (QED) is 0.575. The summed E-state index contributed by atoms with van der Waals surface area (Å²) >= 11 is 0. The minimum Gasteiger partial charge on any atom is -0.369 e. The molecule has 0 aromatic rings. The molecule has 2 nitrogen and oxygen atoms in total. The van der Waals surface area contributed by atoms with E-state index in [4.69, 9.17) is 4.74 Å². The van der Waals surface area contributed by atoms with Gasteiger partial charge in [0.2, 0.25) is 0 Å². The normalized spacial score (nSPS) is 13.4. The van der Waals surface area contributed by atoms with E-state index in [9.17, 15) is 0 Å². The zero-order valence-corrected chi connectivity index (χ0v) is 10.4. The van der Waals surface area contributed by atoms with Gasteiger partial charge >= 0.3 is 0 Å². The fourth-order valence-corrected chi connectivity index (χ4v) is 1.75. The van der Waals surface area contributed by atoms with E-state index >= 15 is 0 Å². The van der Waals surface area contributed by atoms with Gasteiger partial charge in [-0.15, -0.1) is 0 Å². The zero-order valence-electron chi connectivity index (χ0n) is 10.4. The monoisotopic (exact) mass is 199 g/mol. The molecule has 0 heterocycles. The highest BCUT2D eigenvalue weighted by atomic mass is 16.5. The number of hydrogen-bond donors (Lipinski definition) is 0. The molecule has 0 radical (unpaired) electrons. The third-order valence-corrected chi connectivity index (χ3v) is 2.78. The summed E-state index contributed by atoms with van der Waals surface area (Å²) < 4.78 is 5.96. The van der Waals surface area contributed by atoms with Gasteiger partial charge in [0, 0.05) is 18.9 Å². The van der Waals surface area contributed by atoms with E-state index < -0.39 is 0 Å². The Kier molecular flexibility index (Phi) is 6.81. The molecule has 14 heavy (non-hydrogen) atoms. The Morgan fingerprint density at radius 3 is 2.07 bits per heavy atom. The molecule has 84 valence electrons. The van der Waals surface area contributed by atoms with Gasteiger partial charge in [-0.05, 0) is 33.1 Å². The predicted molar refractivity (Wildman–Crippen MR) is 63.2 cm³/mol. The van der Waals surface area contributed by atoms with Crippen molar-refractivity contribution in [2.45, 2.75) is 59.5 Å². The molecule has 0 N–H and O–H groups in total. The smallest absolute Gasteiger partial charge is 0.105 e. The molecule has 0 spiro atoms. The van der Waals surface area contributed by atoms with E-state index in [0.717, 1.165) is 38.1 Å². The van der Waals surface area contributed by atoms with Gasteiger partial charge in [-0.2, -0.15) is 0 Å². The van der Waals surface area contributed by atoms with Crippen LogP contribution in [-0.4, -0.2) is 24.5 Å². The third-order valence-electron chi connectivity index (χ3n) is 2.78. The second-order valence-electron chi connectivity index (χ2n) is 3.61. The van der Waals surface area contributed by atoms with Crippen LogP contribution in [-0.2, 0) is 4.74 Å². The van der Waals surface area contributed by atoms with E-state index in [0.29, 0.717) is 0 Å². The Morgan fingerprint density at radius 1 is 1.14 bits per heavy atom. The van der Waals surface area contributed by atoms with Crippen molar-refractivity contribution < 1.29 is 4.74 Å². The Bertz CT molecular complexity index is 171. The first-order chi connectivity index (χ1) is 6.66. The number of aliphatic imine (C=N–C) groups is 1. The van der Waals surface area contributed by atoms with Crippen LogP contribution < -0.4 is 0 Å². The molecule has 0 aliphatic rings. The lowest BCUT2D eigenvalue weighted by Crippen LogP contribution is -2.39. The molecule has 0 unspecified atom stereocenters. The average Bonchev–Trinajstić information content (AvgIpc) is 2.21. The predicted octanol–water partition coefficient (Wildman–Crippen LogP) is 3.45. The summed E-state index contributed by atoms with van der Waals surface area (Å²) in [5.41, 5.74) is 1.05. The summed E-state index contributed by atoms with van der Waals surface area (Å²) in [6, 6.07) is 0. The fraction of sp³-hybridized carbons (Fsp3) is 0.917. The van der Waals surface area contributed by atoms with Crippen molar-refractivity contribution >= 4 is 5.71 Å². The second kappa shape index (κ2) is 6.99. The Hall–Kier alpha value is -0.370. The number of rotatable bonds is 7. The summed E-state index contributed by atoms with van der Waals surface area (Å²) in [5.74, 6) is 0. The highest BCUT2D eigenvalue weighted by molar-refractivity contribution is 5.90. The molecule has 0 aromatic heterocycles. The fourth-order valence-electron chi connectivity index (χ4n) is 1.75. The first-order valence-electron chi connectivity index (χ1n) is 5.82. The van der Waals surface area contributed by atoms with E-state index in [1.165, 1.54) is 0 Å². The van der Waals surface area contributed by atoms with E-state index in [1.807, 2.05) is 0 Å². The van der Waals surface area contributed by atoms with E-state index in [2.05, 4.69) is 39.6 Å². The number of nitrogens with zero attached hydrogens (tertiary/aromatic N) is 1. The highest BCUT2D eigenvalue weighted by Crippen LogP contribution is 2.23. The molecule has 0 saturated heterocycles. The van der Waals surface area contributed by atoms with Crippen LogP contribution in [0.15, 0.2) is 4.99 Å². The van der Waals surface area contributed by atoms with Crippen molar-refractivity contribution in [2.24, 2.45) is 4.99 Å². The Morgan fingerprint density at radius 2 is 1.71 bits per heavy atom. The summed E-state index contributed by atoms with van der Waals surface area (Å²) in [6.45, 7) is 12.3. The second-order valence-corrected chi connectivity index (χ2v) is 3.61. The zero-order chi connectivity index (χ0) is 11.0. The Balaban J connectivity index is 4.58. The minimum atomic E-state index is -0.105. The molecule has 0 aliphatic heterocycles. The highest BCUT2D eigenvalue weighted by Gasteiger charge is 2.29. The van der Waals surface area contributed by atoms with Crippen LogP contribution >= 0.6 is 0 Å². The van der Waals surface area contributed by atoms with Gasteiger partial charge in [-0.25, -0.2) is 0 Å². The third kappa shape index (κ3) is 3.41. The van der Waals surface area contributed by atoms with Crippen molar-refractivity contribution in [1.82, 2.24) is 0 Å². The van der Waals surface area contributed by atoms with E-state index in [-0.39, 0.29) is 5.60 Å². The molecule has 2 heteroatoms. The average molecular weight is 199 g/mol. The molecule has 0 aliphatic carbocycles. The van der Waals surface area contributed by atoms with Crippen molar-refractivity contribution in [1.29, 1.82) is 0 Å². The van der Waals surface area contributed by atoms with Gasteiger partial charge in [-0.1, -0.05) is 20.8 Å². The van der Waals surface area contributed by atoms with Crippen molar-refractivity contribution in [3.05, 3.63) is 0 Å².